The number of anilines is 1. The van der Waals surface area contributed by atoms with Gasteiger partial charge >= 0.3 is 0 Å². The number of phenolic OH excluding ortho intramolecular Hbond substituents is 1. The smallest absolute Gasteiger partial charge is 0.258 e. The number of nitrogen functional groups attached to an aromatic ring is 1. The van der Waals surface area contributed by atoms with E-state index < -0.39 is 11.8 Å². The highest BCUT2D eigenvalue weighted by Gasteiger charge is 2.26. The van der Waals surface area contributed by atoms with Gasteiger partial charge in [-0.2, -0.15) is 0 Å². The monoisotopic (exact) mass is 228 g/mol. The number of hydrogen-bond acceptors (Lipinski definition) is 4. The lowest BCUT2D eigenvalue weighted by Crippen LogP contribution is -2.34. The summed E-state index contributed by atoms with van der Waals surface area (Å²) >= 11 is 0. The average Bonchev–Trinajstić information content (AvgIpc) is 2.31. The van der Waals surface area contributed by atoms with Gasteiger partial charge in [0.25, 0.3) is 11.8 Å². The Kier molecular flexibility index (Phi) is 1.69. The SMILES string of the molecule is Nc1cc2c3c(cccc3c1O)C(=O)NC2=O. The van der Waals surface area contributed by atoms with Gasteiger partial charge in [-0.05, 0) is 12.1 Å². The predicted octanol–water partition coefficient (Wildman–Crippen LogP) is 1.01. The molecular weight excluding hydrogens is 220 g/mol. The third-order valence-corrected chi connectivity index (χ3v) is 2.88. The molecule has 0 bridgehead atoms. The summed E-state index contributed by atoms with van der Waals surface area (Å²) in [4.78, 5) is 23.3. The van der Waals surface area contributed by atoms with E-state index in [9.17, 15) is 14.7 Å². The number of nitrogens with two attached hydrogens (primary N) is 1. The molecule has 0 aromatic heterocycles. The van der Waals surface area contributed by atoms with Crippen LogP contribution in [0.1, 0.15) is 20.7 Å². The predicted molar refractivity (Wildman–Crippen MR) is 61.8 cm³/mol. The quantitative estimate of drug-likeness (QED) is 0.356. The highest BCUT2D eigenvalue weighted by atomic mass is 16.3. The standard InChI is InChI=1S/C12H8N2O3/c13-8-4-7-9-5(10(8)15)2-1-3-6(9)11(16)14-12(7)17/h1-4,15H,13H2,(H,14,16,17). The molecule has 0 aliphatic carbocycles. The van der Waals surface area contributed by atoms with Crippen LogP contribution < -0.4 is 11.1 Å². The Morgan fingerprint density at radius 3 is 2.59 bits per heavy atom. The molecule has 1 aliphatic rings. The van der Waals surface area contributed by atoms with E-state index in [1.165, 1.54) is 6.07 Å². The molecule has 4 N–H and O–H groups in total. The van der Waals surface area contributed by atoms with E-state index in [1.807, 2.05) is 0 Å². The Labute approximate surface area is 95.8 Å². The lowest BCUT2D eigenvalue weighted by atomic mass is 9.94. The van der Waals surface area contributed by atoms with Crippen molar-refractivity contribution in [2.45, 2.75) is 0 Å². The van der Waals surface area contributed by atoms with Crippen molar-refractivity contribution in [2.24, 2.45) is 0 Å². The maximum Gasteiger partial charge on any atom is 0.258 e. The molecular formula is C12H8N2O3. The summed E-state index contributed by atoms with van der Waals surface area (Å²) in [6, 6.07) is 6.24. The summed E-state index contributed by atoms with van der Waals surface area (Å²) in [7, 11) is 0. The van der Waals surface area contributed by atoms with Crippen LogP contribution in [0.2, 0.25) is 0 Å². The fourth-order valence-electron chi connectivity index (χ4n) is 2.10. The van der Waals surface area contributed by atoms with Gasteiger partial charge in [-0.25, -0.2) is 0 Å². The van der Waals surface area contributed by atoms with Crippen LogP contribution in [-0.4, -0.2) is 16.9 Å². The average molecular weight is 228 g/mol. The van der Waals surface area contributed by atoms with E-state index in [2.05, 4.69) is 5.32 Å². The number of phenols is 1. The third-order valence-electron chi connectivity index (χ3n) is 2.88. The van der Waals surface area contributed by atoms with E-state index in [1.54, 1.807) is 18.2 Å². The number of nitrogens with one attached hydrogen (secondary N) is 1. The number of rotatable bonds is 0. The lowest BCUT2D eigenvalue weighted by molar-refractivity contribution is 0.0845. The molecule has 2 aromatic rings. The second-order valence-corrected chi connectivity index (χ2v) is 3.87. The maximum atomic E-state index is 11.7. The molecule has 2 amide bonds. The van der Waals surface area contributed by atoms with Gasteiger partial charge in [-0.1, -0.05) is 12.1 Å². The van der Waals surface area contributed by atoms with Crippen LogP contribution in [0.25, 0.3) is 10.8 Å². The molecule has 0 spiro atoms. The Hall–Kier alpha value is -2.56. The number of hydrogen-bond donors (Lipinski definition) is 3. The summed E-state index contributed by atoms with van der Waals surface area (Å²) in [5, 5.41) is 12.9. The van der Waals surface area contributed by atoms with Crippen molar-refractivity contribution in [3.63, 3.8) is 0 Å². The minimum absolute atomic E-state index is 0.104. The fourth-order valence-corrected chi connectivity index (χ4v) is 2.10. The summed E-state index contributed by atoms with van der Waals surface area (Å²) in [5.41, 5.74) is 6.42. The number of aromatic hydroxyl groups is 1. The summed E-state index contributed by atoms with van der Waals surface area (Å²) in [6.45, 7) is 0. The first-order chi connectivity index (χ1) is 8.09. The van der Waals surface area contributed by atoms with Crippen molar-refractivity contribution in [1.29, 1.82) is 0 Å². The minimum atomic E-state index is -0.495. The highest BCUT2D eigenvalue weighted by molar-refractivity contribution is 6.26. The number of amides is 2. The molecule has 1 aliphatic heterocycles. The van der Waals surface area contributed by atoms with Crippen molar-refractivity contribution < 1.29 is 14.7 Å². The van der Waals surface area contributed by atoms with Crippen molar-refractivity contribution in [1.82, 2.24) is 5.32 Å². The van der Waals surface area contributed by atoms with Crippen molar-refractivity contribution >= 4 is 28.3 Å². The second-order valence-electron chi connectivity index (χ2n) is 3.87. The third kappa shape index (κ3) is 1.13. The molecule has 0 saturated heterocycles. The molecule has 1 heterocycles. The molecule has 0 saturated carbocycles. The first kappa shape index (κ1) is 9.65. The van der Waals surface area contributed by atoms with E-state index in [0.29, 0.717) is 21.9 Å². The van der Waals surface area contributed by atoms with Crippen molar-refractivity contribution in [3.05, 3.63) is 35.4 Å². The Bertz CT molecular complexity index is 692. The Balaban J connectivity index is 2.59. The van der Waals surface area contributed by atoms with Gasteiger partial charge in [0.1, 0.15) is 5.75 Å². The molecule has 0 unspecified atom stereocenters. The molecule has 5 nitrogen and oxygen atoms in total. The van der Waals surface area contributed by atoms with Gasteiger partial charge in [0.05, 0.1) is 11.3 Å². The van der Waals surface area contributed by atoms with Crippen LogP contribution in [0.15, 0.2) is 24.3 Å². The zero-order valence-corrected chi connectivity index (χ0v) is 8.65. The topological polar surface area (TPSA) is 92.4 Å². The highest BCUT2D eigenvalue weighted by Crippen LogP contribution is 2.36. The minimum Gasteiger partial charge on any atom is -0.505 e. The summed E-state index contributed by atoms with van der Waals surface area (Å²) in [6.07, 6.45) is 0. The molecule has 0 radical (unpaired) electrons. The normalized spacial score (nSPS) is 13.9. The van der Waals surface area contributed by atoms with Crippen LogP contribution in [0.4, 0.5) is 5.69 Å². The number of benzene rings is 2. The molecule has 3 rings (SSSR count). The summed E-state index contributed by atoms with van der Waals surface area (Å²) in [5.74, 6) is -1.06. The largest absolute Gasteiger partial charge is 0.505 e. The van der Waals surface area contributed by atoms with E-state index in [4.69, 9.17) is 5.73 Å². The van der Waals surface area contributed by atoms with Crippen molar-refractivity contribution in [3.8, 4) is 5.75 Å². The van der Waals surface area contributed by atoms with Gasteiger partial charge in [0, 0.05) is 16.3 Å². The zero-order valence-electron chi connectivity index (χ0n) is 8.65. The fraction of sp³-hybridized carbons (Fsp3) is 0. The molecule has 17 heavy (non-hydrogen) atoms. The Morgan fingerprint density at radius 2 is 1.82 bits per heavy atom. The van der Waals surface area contributed by atoms with Gasteiger partial charge in [0.15, 0.2) is 0 Å². The molecule has 2 aromatic carbocycles. The van der Waals surface area contributed by atoms with Crippen LogP contribution in [0.5, 0.6) is 5.75 Å². The molecule has 0 fully saturated rings. The second kappa shape index (κ2) is 2.98. The first-order valence-electron chi connectivity index (χ1n) is 4.99. The van der Waals surface area contributed by atoms with Gasteiger partial charge in [-0.15, -0.1) is 0 Å². The van der Waals surface area contributed by atoms with E-state index >= 15 is 0 Å². The number of carbonyl (C=O) groups excluding carboxylic acids is 2. The van der Waals surface area contributed by atoms with Crippen LogP contribution in [0.3, 0.4) is 0 Å². The summed E-state index contributed by atoms with van der Waals surface area (Å²) < 4.78 is 0. The Morgan fingerprint density at radius 1 is 1.12 bits per heavy atom. The van der Waals surface area contributed by atoms with Gasteiger partial charge in [-0.3, -0.25) is 14.9 Å². The van der Waals surface area contributed by atoms with Gasteiger partial charge in [0.2, 0.25) is 0 Å². The number of carbonyl (C=O) groups is 2. The number of imide groups is 1. The molecule has 84 valence electrons. The lowest BCUT2D eigenvalue weighted by Gasteiger charge is -2.17. The zero-order chi connectivity index (χ0) is 12.2. The molecule has 5 heteroatoms. The van der Waals surface area contributed by atoms with Crippen LogP contribution in [0, 0.1) is 0 Å². The van der Waals surface area contributed by atoms with Crippen LogP contribution >= 0.6 is 0 Å². The van der Waals surface area contributed by atoms with Gasteiger partial charge < -0.3 is 10.8 Å². The van der Waals surface area contributed by atoms with E-state index in [0.717, 1.165) is 0 Å². The maximum absolute atomic E-state index is 11.7. The van der Waals surface area contributed by atoms with E-state index in [-0.39, 0.29) is 11.4 Å². The first-order valence-corrected chi connectivity index (χ1v) is 4.99. The molecule has 0 atom stereocenters. The van der Waals surface area contributed by atoms with Crippen molar-refractivity contribution in [2.75, 3.05) is 5.73 Å². The van der Waals surface area contributed by atoms with Crippen LogP contribution in [-0.2, 0) is 0 Å².